The van der Waals surface area contributed by atoms with E-state index in [9.17, 15) is 4.79 Å². The van der Waals surface area contributed by atoms with E-state index >= 15 is 0 Å². The number of carbonyl (C=O) groups excluding carboxylic acids is 1. The van der Waals surface area contributed by atoms with Gasteiger partial charge in [0.1, 0.15) is 6.10 Å². The highest BCUT2D eigenvalue weighted by Crippen LogP contribution is 2.26. The van der Waals surface area contributed by atoms with Crippen LogP contribution in [0.25, 0.3) is 0 Å². The lowest BCUT2D eigenvalue weighted by atomic mass is 9.89. The first-order valence-corrected chi connectivity index (χ1v) is 7.53. The largest absolute Gasteiger partial charge is 0.459 e. The molecule has 1 aromatic carbocycles. The summed E-state index contributed by atoms with van der Waals surface area (Å²) in [4.78, 5) is 12.5. The maximum absolute atomic E-state index is 12.1. The van der Waals surface area contributed by atoms with Crippen molar-refractivity contribution in [2.75, 3.05) is 0 Å². The van der Waals surface area contributed by atoms with Crippen LogP contribution in [0, 0.1) is 5.92 Å². The Morgan fingerprint density at radius 1 is 1.25 bits per heavy atom. The van der Waals surface area contributed by atoms with Crippen LogP contribution in [0.4, 0.5) is 0 Å². The first-order chi connectivity index (χ1) is 9.54. The highest BCUT2D eigenvalue weighted by atomic mass is 32.1. The molecule has 1 saturated carbocycles. The molecule has 0 aliphatic heterocycles. The lowest BCUT2D eigenvalue weighted by Gasteiger charge is -2.26. The van der Waals surface area contributed by atoms with E-state index in [1.54, 1.807) is 12.1 Å². The van der Waals surface area contributed by atoms with Crippen molar-refractivity contribution in [2.45, 2.75) is 45.1 Å². The highest BCUT2D eigenvalue weighted by Gasteiger charge is 2.22. The lowest BCUT2D eigenvalue weighted by Crippen LogP contribution is -2.23. The maximum Gasteiger partial charge on any atom is 0.338 e. The maximum atomic E-state index is 12.1. The summed E-state index contributed by atoms with van der Waals surface area (Å²) in [5, 5.41) is 0. The molecular formula is C16H21NO2S. The summed E-state index contributed by atoms with van der Waals surface area (Å²) in [7, 11) is 0. The van der Waals surface area contributed by atoms with E-state index in [-0.39, 0.29) is 12.1 Å². The standard InChI is InChI=1S/C16H21NO2S/c1-11-2-8-14(9-3-11)19-16(18)13-6-4-12(5-7-13)10-15(17)20/h4-7,11,14H,2-3,8-10H2,1H3,(H2,17,20). The topological polar surface area (TPSA) is 52.3 Å². The molecule has 0 radical (unpaired) electrons. The second kappa shape index (κ2) is 6.84. The van der Waals surface area contributed by atoms with Crippen molar-refractivity contribution < 1.29 is 9.53 Å². The molecule has 1 aliphatic rings. The van der Waals surface area contributed by atoms with Gasteiger partial charge in [0.05, 0.1) is 10.6 Å². The predicted molar refractivity (Wildman–Crippen MR) is 83.8 cm³/mol. The highest BCUT2D eigenvalue weighted by molar-refractivity contribution is 7.80. The molecule has 108 valence electrons. The van der Waals surface area contributed by atoms with E-state index in [1.165, 1.54) is 0 Å². The van der Waals surface area contributed by atoms with Gasteiger partial charge in [-0.1, -0.05) is 31.3 Å². The van der Waals surface area contributed by atoms with Gasteiger partial charge in [-0.2, -0.15) is 0 Å². The molecule has 0 bridgehead atoms. The fourth-order valence-electron chi connectivity index (χ4n) is 2.53. The molecule has 0 heterocycles. The zero-order valence-electron chi connectivity index (χ0n) is 11.8. The van der Waals surface area contributed by atoms with Crippen molar-refractivity contribution in [3.05, 3.63) is 35.4 Å². The van der Waals surface area contributed by atoms with E-state index in [0.29, 0.717) is 17.0 Å². The molecule has 1 fully saturated rings. The zero-order chi connectivity index (χ0) is 14.5. The summed E-state index contributed by atoms with van der Waals surface area (Å²) < 4.78 is 5.56. The smallest absolute Gasteiger partial charge is 0.338 e. The van der Waals surface area contributed by atoms with E-state index in [0.717, 1.165) is 37.2 Å². The number of ether oxygens (including phenoxy) is 1. The van der Waals surface area contributed by atoms with Gasteiger partial charge in [-0.3, -0.25) is 0 Å². The SMILES string of the molecule is CC1CCC(OC(=O)c2ccc(CC(N)=S)cc2)CC1. The monoisotopic (exact) mass is 291 g/mol. The fourth-order valence-corrected chi connectivity index (χ4v) is 2.69. The number of carbonyl (C=O) groups is 1. The number of benzene rings is 1. The Bertz CT molecular complexity index is 476. The molecule has 20 heavy (non-hydrogen) atoms. The summed E-state index contributed by atoms with van der Waals surface area (Å²) in [6.07, 6.45) is 4.88. The van der Waals surface area contributed by atoms with Crippen LogP contribution < -0.4 is 5.73 Å². The minimum absolute atomic E-state index is 0.0787. The van der Waals surface area contributed by atoms with Gasteiger partial charge in [0, 0.05) is 6.42 Å². The van der Waals surface area contributed by atoms with Gasteiger partial charge in [-0.05, 0) is 49.3 Å². The molecule has 0 atom stereocenters. The van der Waals surface area contributed by atoms with Crippen molar-refractivity contribution in [3.8, 4) is 0 Å². The molecule has 0 unspecified atom stereocenters. The molecule has 0 aromatic heterocycles. The molecule has 2 rings (SSSR count). The minimum Gasteiger partial charge on any atom is -0.459 e. The van der Waals surface area contributed by atoms with Crippen LogP contribution in [0.1, 0.15) is 48.5 Å². The van der Waals surface area contributed by atoms with Crippen LogP contribution >= 0.6 is 12.2 Å². The molecule has 1 aromatic rings. The average Bonchev–Trinajstić information content (AvgIpc) is 2.41. The van der Waals surface area contributed by atoms with Crippen LogP contribution in [-0.2, 0) is 11.2 Å². The Balaban J connectivity index is 1.90. The van der Waals surface area contributed by atoms with E-state index in [4.69, 9.17) is 22.7 Å². The normalized spacial score (nSPS) is 22.2. The summed E-state index contributed by atoms with van der Waals surface area (Å²) in [5.41, 5.74) is 7.10. The first-order valence-electron chi connectivity index (χ1n) is 7.13. The molecule has 0 amide bonds. The van der Waals surface area contributed by atoms with Crippen LogP contribution in [0.3, 0.4) is 0 Å². The van der Waals surface area contributed by atoms with Gasteiger partial charge in [0.25, 0.3) is 0 Å². The Labute approximate surface area is 125 Å². The molecule has 4 heteroatoms. The summed E-state index contributed by atoms with van der Waals surface area (Å²) in [6.45, 7) is 2.25. The van der Waals surface area contributed by atoms with Crippen molar-refractivity contribution in [1.29, 1.82) is 0 Å². The first kappa shape index (κ1) is 15.0. The van der Waals surface area contributed by atoms with Gasteiger partial charge in [-0.25, -0.2) is 4.79 Å². The number of nitrogens with two attached hydrogens (primary N) is 1. The third-order valence-electron chi connectivity index (χ3n) is 3.80. The molecular weight excluding hydrogens is 270 g/mol. The molecule has 0 saturated heterocycles. The van der Waals surface area contributed by atoms with Crippen LogP contribution in [0.5, 0.6) is 0 Å². The Morgan fingerprint density at radius 3 is 2.40 bits per heavy atom. The zero-order valence-corrected chi connectivity index (χ0v) is 12.6. The van der Waals surface area contributed by atoms with Crippen molar-refractivity contribution in [1.82, 2.24) is 0 Å². The van der Waals surface area contributed by atoms with Crippen LogP contribution in [0.2, 0.25) is 0 Å². The second-order valence-corrected chi connectivity index (χ2v) is 6.15. The van der Waals surface area contributed by atoms with Crippen LogP contribution in [-0.4, -0.2) is 17.1 Å². The Kier molecular flexibility index (Phi) is 5.12. The predicted octanol–water partition coefficient (Wildman–Crippen LogP) is 3.25. The van der Waals surface area contributed by atoms with Crippen molar-refractivity contribution in [2.24, 2.45) is 11.7 Å². The van der Waals surface area contributed by atoms with Gasteiger partial charge in [-0.15, -0.1) is 0 Å². The van der Waals surface area contributed by atoms with E-state index in [1.807, 2.05) is 12.1 Å². The second-order valence-electron chi connectivity index (χ2n) is 5.63. The summed E-state index contributed by atoms with van der Waals surface area (Å²) in [5.74, 6) is 0.524. The number of hydrogen-bond donors (Lipinski definition) is 1. The number of rotatable bonds is 4. The number of esters is 1. The van der Waals surface area contributed by atoms with E-state index in [2.05, 4.69) is 6.92 Å². The molecule has 2 N–H and O–H groups in total. The Morgan fingerprint density at radius 2 is 1.85 bits per heavy atom. The van der Waals surface area contributed by atoms with Crippen molar-refractivity contribution >= 4 is 23.2 Å². The van der Waals surface area contributed by atoms with Crippen LogP contribution in [0.15, 0.2) is 24.3 Å². The van der Waals surface area contributed by atoms with Gasteiger partial charge in [0.2, 0.25) is 0 Å². The van der Waals surface area contributed by atoms with Crippen molar-refractivity contribution in [3.63, 3.8) is 0 Å². The minimum atomic E-state index is -0.230. The number of thiocarbonyl (C=S) groups is 1. The molecule has 1 aliphatic carbocycles. The van der Waals surface area contributed by atoms with Gasteiger partial charge >= 0.3 is 5.97 Å². The summed E-state index contributed by atoms with van der Waals surface area (Å²) in [6, 6.07) is 7.31. The van der Waals surface area contributed by atoms with Gasteiger partial charge < -0.3 is 10.5 Å². The quantitative estimate of drug-likeness (QED) is 0.683. The Hall–Kier alpha value is -1.42. The number of hydrogen-bond acceptors (Lipinski definition) is 3. The fraction of sp³-hybridized carbons (Fsp3) is 0.500. The third kappa shape index (κ3) is 4.30. The third-order valence-corrected chi connectivity index (χ3v) is 3.95. The average molecular weight is 291 g/mol. The molecule has 3 nitrogen and oxygen atoms in total. The summed E-state index contributed by atoms with van der Waals surface area (Å²) >= 11 is 4.87. The van der Waals surface area contributed by atoms with Gasteiger partial charge in [0.15, 0.2) is 0 Å². The lowest BCUT2D eigenvalue weighted by molar-refractivity contribution is 0.0174. The van der Waals surface area contributed by atoms with E-state index < -0.39 is 0 Å². The molecule has 0 spiro atoms.